The van der Waals surface area contributed by atoms with E-state index in [9.17, 15) is 4.79 Å². The zero-order valence-corrected chi connectivity index (χ0v) is 12.6. The summed E-state index contributed by atoms with van der Waals surface area (Å²) in [6.45, 7) is 2.91. The fourth-order valence-corrected chi connectivity index (χ4v) is 2.54. The number of aryl methyl sites for hydroxylation is 1. The number of hydrogen-bond acceptors (Lipinski definition) is 3. The minimum absolute atomic E-state index is 0.00467. The van der Waals surface area contributed by atoms with Gasteiger partial charge in [-0.25, -0.2) is 0 Å². The van der Waals surface area contributed by atoms with E-state index in [-0.39, 0.29) is 5.91 Å². The van der Waals surface area contributed by atoms with Crippen molar-refractivity contribution in [3.63, 3.8) is 0 Å². The van der Waals surface area contributed by atoms with Crippen LogP contribution in [0.25, 0.3) is 0 Å². The van der Waals surface area contributed by atoms with E-state index in [0.29, 0.717) is 10.8 Å². The van der Waals surface area contributed by atoms with E-state index in [4.69, 9.17) is 11.6 Å². The molecule has 1 aromatic rings. The molecule has 0 bridgehead atoms. The number of para-hydroxylation sites is 1. The molecular formula is C13H19ClN2OS. The normalized spacial score (nSPS) is 10.7. The lowest BCUT2D eigenvalue weighted by atomic mass is 10.2. The third-order valence-electron chi connectivity index (χ3n) is 2.40. The van der Waals surface area contributed by atoms with E-state index in [1.807, 2.05) is 33.2 Å². The fourth-order valence-electron chi connectivity index (χ4n) is 1.38. The molecule has 0 atom stereocenters. The van der Waals surface area contributed by atoms with Crippen LogP contribution in [-0.2, 0) is 4.79 Å². The van der Waals surface area contributed by atoms with Gasteiger partial charge in [-0.15, -0.1) is 0 Å². The largest absolute Gasteiger partial charge is 0.324 e. The highest BCUT2D eigenvalue weighted by atomic mass is 35.5. The lowest BCUT2D eigenvalue weighted by Crippen LogP contribution is -2.18. The Bertz CT molecular complexity index is 390. The van der Waals surface area contributed by atoms with Crippen LogP contribution in [0.4, 0.5) is 5.69 Å². The number of anilines is 1. The Balaban J connectivity index is 2.40. The van der Waals surface area contributed by atoms with Crippen molar-refractivity contribution in [2.45, 2.75) is 6.92 Å². The van der Waals surface area contributed by atoms with Crippen LogP contribution < -0.4 is 5.32 Å². The Kier molecular flexibility index (Phi) is 6.54. The van der Waals surface area contributed by atoms with Crippen molar-refractivity contribution in [1.82, 2.24) is 4.90 Å². The molecule has 0 saturated carbocycles. The Morgan fingerprint density at radius 1 is 1.44 bits per heavy atom. The number of benzene rings is 1. The molecule has 0 saturated heterocycles. The molecule has 5 heteroatoms. The summed E-state index contributed by atoms with van der Waals surface area (Å²) in [4.78, 5) is 13.9. The molecular weight excluding hydrogens is 268 g/mol. The van der Waals surface area contributed by atoms with Crippen molar-refractivity contribution < 1.29 is 4.79 Å². The molecule has 0 radical (unpaired) electrons. The van der Waals surface area contributed by atoms with Gasteiger partial charge in [-0.05, 0) is 32.6 Å². The van der Waals surface area contributed by atoms with Gasteiger partial charge < -0.3 is 10.2 Å². The van der Waals surface area contributed by atoms with Crippen molar-refractivity contribution in [2.24, 2.45) is 0 Å². The first-order valence-corrected chi connectivity index (χ1v) is 7.31. The Morgan fingerprint density at radius 2 is 2.17 bits per heavy atom. The molecule has 0 aliphatic rings. The average Bonchev–Trinajstić information content (AvgIpc) is 2.29. The van der Waals surface area contributed by atoms with E-state index in [1.54, 1.807) is 17.8 Å². The summed E-state index contributed by atoms with van der Waals surface area (Å²) in [6, 6.07) is 5.59. The molecule has 18 heavy (non-hydrogen) atoms. The quantitative estimate of drug-likeness (QED) is 0.816. The second-order valence-corrected chi connectivity index (χ2v) is 5.85. The van der Waals surface area contributed by atoms with Gasteiger partial charge in [-0.2, -0.15) is 11.8 Å². The number of thioether (sulfide) groups is 1. The molecule has 3 nitrogen and oxygen atoms in total. The Labute approximate surface area is 118 Å². The minimum Gasteiger partial charge on any atom is -0.324 e. The Hall–Kier alpha value is -0.710. The van der Waals surface area contributed by atoms with E-state index in [1.165, 1.54) is 0 Å². The van der Waals surface area contributed by atoms with Gasteiger partial charge in [0.25, 0.3) is 0 Å². The first-order chi connectivity index (χ1) is 8.50. The molecule has 1 rings (SSSR count). The van der Waals surface area contributed by atoms with E-state index < -0.39 is 0 Å². The standard InChI is InChI=1S/C13H19ClN2OS/c1-10-5-4-6-11(14)13(10)15-12(17)9-18-8-7-16(2)3/h4-6H,7-9H2,1-3H3,(H,15,17). The van der Waals surface area contributed by atoms with Gasteiger partial charge in [-0.1, -0.05) is 23.7 Å². The van der Waals surface area contributed by atoms with Gasteiger partial charge in [0, 0.05) is 12.3 Å². The molecule has 0 heterocycles. The van der Waals surface area contributed by atoms with Crippen molar-refractivity contribution in [3.05, 3.63) is 28.8 Å². The number of amides is 1. The van der Waals surface area contributed by atoms with Crippen LogP contribution >= 0.6 is 23.4 Å². The molecule has 0 fully saturated rings. The summed E-state index contributed by atoms with van der Waals surface area (Å²) in [5, 5.41) is 3.45. The summed E-state index contributed by atoms with van der Waals surface area (Å²) in [6.07, 6.45) is 0. The number of hydrogen-bond donors (Lipinski definition) is 1. The lowest BCUT2D eigenvalue weighted by molar-refractivity contribution is -0.113. The van der Waals surface area contributed by atoms with Gasteiger partial charge in [0.1, 0.15) is 0 Å². The maximum atomic E-state index is 11.8. The minimum atomic E-state index is -0.00467. The topological polar surface area (TPSA) is 32.3 Å². The molecule has 0 aliphatic carbocycles. The number of nitrogens with zero attached hydrogens (tertiary/aromatic N) is 1. The molecule has 0 unspecified atom stereocenters. The lowest BCUT2D eigenvalue weighted by Gasteiger charge is -2.11. The van der Waals surface area contributed by atoms with E-state index in [2.05, 4.69) is 10.2 Å². The van der Waals surface area contributed by atoms with Gasteiger partial charge in [0.15, 0.2) is 0 Å². The molecule has 1 aromatic carbocycles. The van der Waals surface area contributed by atoms with Crippen LogP contribution in [0, 0.1) is 6.92 Å². The summed E-state index contributed by atoms with van der Waals surface area (Å²) >= 11 is 7.67. The van der Waals surface area contributed by atoms with Crippen LogP contribution in [0.3, 0.4) is 0 Å². The van der Waals surface area contributed by atoms with E-state index >= 15 is 0 Å². The van der Waals surface area contributed by atoms with Gasteiger partial charge >= 0.3 is 0 Å². The fraction of sp³-hybridized carbons (Fsp3) is 0.462. The van der Waals surface area contributed by atoms with Crippen molar-refractivity contribution >= 4 is 35.0 Å². The number of carbonyl (C=O) groups excluding carboxylic acids is 1. The molecule has 0 aromatic heterocycles. The van der Waals surface area contributed by atoms with Gasteiger partial charge in [0.05, 0.1) is 16.5 Å². The van der Waals surface area contributed by atoms with Crippen LogP contribution in [0.2, 0.25) is 5.02 Å². The number of nitrogens with one attached hydrogen (secondary N) is 1. The van der Waals surface area contributed by atoms with E-state index in [0.717, 1.165) is 23.5 Å². The summed E-state index contributed by atoms with van der Waals surface area (Å²) < 4.78 is 0. The first kappa shape index (κ1) is 15.3. The van der Waals surface area contributed by atoms with Crippen molar-refractivity contribution in [2.75, 3.05) is 37.5 Å². The second-order valence-electron chi connectivity index (χ2n) is 4.34. The monoisotopic (exact) mass is 286 g/mol. The zero-order valence-electron chi connectivity index (χ0n) is 11.0. The van der Waals surface area contributed by atoms with Crippen LogP contribution in [0.1, 0.15) is 5.56 Å². The molecule has 0 aliphatic heterocycles. The Morgan fingerprint density at radius 3 is 2.78 bits per heavy atom. The predicted molar refractivity (Wildman–Crippen MR) is 80.7 cm³/mol. The highest BCUT2D eigenvalue weighted by Crippen LogP contribution is 2.25. The predicted octanol–water partition coefficient (Wildman–Crippen LogP) is 2.88. The van der Waals surface area contributed by atoms with Crippen molar-refractivity contribution in [3.8, 4) is 0 Å². The number of carbonyl (C=O) groups is 1. The third-order valence-corrected chi connectivity index (χ3v) is 3.65. The SMILES string of the molecule is Cc1cccc(Cl)c1NC(=O)CSCCN(C)C. The second kappa shape index (κ2) is 7.67. The highest BCUT2D eigenvalue weighted by molar-refractivity contribution is 7.99. The number of halogens is 1. The molecule has 1 N–H and O–H groups in total. The number of rotatable bonds is 6. The third kappa shape index (κ3) is 5.29. The molecule has 1 amide bonds. The van der Waals surface area contributed by atoms with Gasteiger partial charge in [-0.3, -0.25) is 4.79 Å². The average molecular weight is 287 g/mol. The van der Waals surface area contributed by atoms with Crippen LogP contribution in [-0.4, -0.2) is 43.0 Å². The van der Waals surface area contributed by atoms with Gasteiger partial charge in [0.2, 0.25) is 5.91 Å². The summed E-state index contributed by atoms with van der Waals surface area (Å²) in [5.41, 5.74) is 1.70. The smallest absolute Gasteiger partial charge is 0.234 e. The van der Waals surface area contributed by atoms with Crippen LogP contribution in [0.15, 0.2) is 18.2 Å². The molecule has 0 spiro atoms. The summed E-state index contributed by atoms with van der Waals surface area (Å²) in [7, 11) is 4.04. The summed E-state index contributed by atoms with van der Waals surface area (Å²) in [5.74, 6) is 1.40. The highest BCUT2D eigenvalue weighted by Gasteiger charge is 2.08. The first-order valence-electron chi connectivity index (χ1n) is 5.78. The van der Waals surface area contributed by atoms with Crippen molar-refractivity contribution in [1.29, 1.82) is 0 Å². The zero-order chi connectivity index (χ0) is 13.5. The maximum absolute atomic E-state index is 11.8. The maximum Gasteiger partial charge on any atom is 0.234 e. The molecule has 100 valence electrons. The van der Waals surface area contributed by atoms with Crippen LogP contribution in [0.5, 0.6) is 0 Å².